The Balaban J connectivity index is 2.51. The molecule has 0 saturated carbocycles. The molecule has 1 atom stereocenters. The standard InChI is InChI=1S/C13H16O3/c1-13(12(14)15)7-3-4-9-8-10(16-2)5-6-11(9)13/h5-6,8H,3-4,7H2,1-2H3,(H,14,15). The minimum absolute atomic E-state index is 0.710. The fourth-order valence-corrected chi connectivity index (χ4v) is 2.43. The molecular formula is C13H16O3. The molecule has 0 heterocycles. The fourth-order valence-electron chi connectivity index (χ4n) is 2.43. The molecular weight excluding hydrogens is 204 g/mol. The van der Waals surface area contributed by atoms with E-state index in [1.807, 2.05) is 18.2 Å². The maximum Gasteiger partial charge on any atom is 0.313 e. The van der Waals surface area contributed by atoms with Gasteiger partial charge in [0.15, 0.2) is 0 Å². The average Bonchev–Trinajstić information content (AvgIpc) is 2.28. The van der Waals surface area contributed by atoms with Gasteiger partial charge in [0.2, 0.25) is 0 Å². The summed E-state index contributed by atoms with van der Waals surface area (Å²) in [5.74, 6) is 0.0620. The molecule has 3 heteroatoms. The summed E-state index contributed by atoms with van der Waals surface area (Å²) < 4.78 is 5.16. The molecule has 1 unspecified atom stereocenters. The highest BCUT2D eigenvalue weighted by atomic mass is 16.5. The molecule has 2 rings (SSSR count). The number of fused-ring (bicyclic) bond motifs is 1. The van der Waals surface area contributed by atoms with Crippen LogP contribution < -0.4 is 4.74 Å². The fraction of sp³-hybridized carbons (Fsp3) is 0.462. The molecule has 16 heavy (non-hydrogen) atoms. The number of hydrogen-bond donors (Lipinski definition) is 1. The Bertz CT molecular complexity index is 425. The van der Waals surface area contributed by atoms with E-state index in [1.54, 1.807) is 14.0 Å². The lowest BCUT2D eigenvalue weighted by atomic mass is 9.71. The van der Waals surface area contributed by atoms with Crippen molar-refractivity contribution >= 4 is 5.97 Å². The van der Waals surface area contributed by atoms with E-state index in [4.69, 9.17) is 4.74 Å². The Labute approximate surface area is 95.0 Å². The molecule has 0 radical (unpaired) electrons. The number of aryl methyl sites for hydroxylation is 1. The molecule has 0 fully saturated rings. The zero-order valence-corrected chi connectivity index (χ0v) is 9.62. The summed E-state index contributed by atoms with van der Waals surface area (Å²) in [6.45, 7) is 1.81. The minimum atomic E-state index is -0.737. The Kier molecular flexibility index (Phi) is 2.62. The van der Waals surface area contributed by atoms with Gasteiger partial charge in [-0.25, -0.2) is 0 Å². The first-order valence-corrected chi connectivity index (χ1v) is 5.49. The van der Waals surface area contributed by atoms with Gasteiger partial charge in [0.05, 0.1) is 12.5 Å². The zero-order chi connectivity index (χ0) is 11.8. The zero-order valence-electron chi connectivity index (χ0n) is 9.62. The number of ether oxygens (including phenoxy) is 1. The normalized spacial score (nSPS) is 23.6. The van der Waals surface area contributed by atoms with Gasteiger partial charge in [-0.05, 0) is 49.4 Å². The molecule has 3 nitrogen and oxygen atoms in total. The molecule has 1 N–H and O–H groups in total. The number of rotatable bonds is 2. The first-order valence-electron chi connectivity index (χ1n) is 5.49. The quantitative estimate of drug-likeness (QED) is 0.832. The van der Waals surface area contributed by atoms with Crippen molar-refractivity contribution in [1.29, 1.82) is 0 Å². The number of benzene rings is 1. The number of methoxy groups -OCH3 is 1. The molecule has 0 aromatic heterocycles. The van der Waals surface area contributed by atoms with E-state index in [2.05, 4.69) is 0 Å². The van der Waals surface area contributed by atoms with E-state index in [0.29, 0.717) is 6.42 Å². The third-order valence-corrected chi connectivity index (χ3v) is 3.50. The lowest BCUT2D eigenvalue weighted by Gasteiger charge is -2.32. The number of carbonyl (C=O) groups is 1. The van der Waals surface area contributed by atoms with Crippen molar-refractivity contribution in [3.05, 3.63) is 29.3 Å². The molecule has 1 aliphatic carbocycles. The maximum absolute atomic E-state index is 11.4. The first kappa shape index (κ1) is 11.0. The van der Waals surface area contributed by atoms with Crippen molar-refractivity contribution < 1.29 is 14.6 Å². The van der Waals surface area contributed by atoms with E-state index >= 15 is 0 Å². The predicted molar refractivity (Wildman–Crippen MR) is 60.9 cm³/mol. The maximum atomic E-state index is 11.4. The van der Waals surface area contributed by atoms with Crippen LogP contribution in [-0.4, -0.2) is 18.2 Å². The van der Waals surface area contributed by atoms with Gasteiger partial charge in [0.1, 0.15) is 5.75 Å². The highest BCUT2D eigenvalue weighted by Gasteiger charge is 2.38. The Hall–Kier alpha value is -1.51. The third kappa shape index (κ3) is 1.56. The van der Waals surface area contributed by atoms with E-state index in [-0.39, 0.29) is 0 Å². The summed E-state index contributed by atoms with van der Waals surface area (Å²) in [5.41, 5.74) is 1.31. The van der Waals surface area contributed by atoms with Crippen molar-refractivity contribution in [1.82, 2.24) is 0 Å². The van der Waals surface area contributed by atoms with Crippen molar-refractivity contribution in [3.63, 3.8) is 0 Å². The molecule has 1 aromatic rings. The highest BCUT2D eigenvalue weighted by Crippen LogP contribution is 2.38. The van der Waals surface area contributed by atoms with Crippen LogP contribution >= 0.6 is 0 Å². The van der Waals surface area contributed by atoms with E-state index in [0.717, 1.165) is 29.7 Å². The van der Waals surface area contributed by atoms with Gasteiger partial charge in [0.25, 0.3) is 0 Å². The van der Waals surface area contributed by atoms with Gasteiger partial charge in [0, 0.05) is 0 Å². The second kappa shape index (κ2) is 3.81. The van der Waals surface area contributed by atoms with Crippen LogP contribution in [0.25, 0.3) is 0 Å². The van der Waals surface area contributed by atoms with Crippen molar-refractivity contribution in [2.45, 2.75) is 31.6 Å². The van der Waals surface area contributed by atoms with Crippen LogP contribution in [0.1, 0.15) is 30.9 Å². The molecule has 0 amide bonds. The SMILES string of the molecule is COc1ccc2c(c1)CCCC2(C)C(=O)O. The number of hydrogen-bond acceptors (Lipinski definition) is 2. The van der Waals surface area contributed by atoms with Gasteiger partial charge >= 0.3 is 5.97 Å². The summed E-state index contributed by atoms with van der Waals surface area (Å²) in [4.78, 5) is 11.4. The van der Waals surface area contributed by atoms with Gasteiger partial charge < -0.3 is 9.84 Å². The van der Waals surface area contributed by atoms with E-state index < -0.39 is 11.4 Å². The average molecular weight is 220 g/mol. The third-order valence-electron chi connectivity index (χ3n) is 3.50. The minimum Gasteiger partial charge on any atom is -0.497 e. The first-order chi connectivity index (χ1) is 7.58. The second-order valence-corrected chi connectivity index (χ2v) is 4.51. The van der Waals surface area contributed by atoms with Crippen molar-refractivity contribution in [2.24, 2.45) is 0 Å². The van der Waals surface area contributed by atoms with Gasteiger partial charge in [-0.3, -0.25) is 4.79 Å². The molecule has 0 saturated heterocycles. The van der Waals surface area contributed by atoms with Crippen LogP contribution in [0.15, 0.2) is 18.2 Å². The highest BCUT2D eigenvalue weighted by molar-refractivity contribution is 5.82. The van der Waals surface area contributed by atoms with Crippen LogP contribution in [0.3, 0.4) is 0 Å². The topological polar surface area (TPSA) is 46.5 Å². The molecule has 1 aromatic carbocycles. The number of carboxylic acid groups (broad SMARTS) is 1. The summed E-state index contributed by atoms with van der Waals surface area (Å²) in [6, 6.07) is 5.68. The molecule has 0 spiro atoms. The van der Waals surface area contributed by atoms with Gasteiger partial charge in [-0.15, -0.1) is 0 Å². The van der Waals surface area contributed by atoms with Crippen molar-refractivity contribution in [2.75, 3.05) is 7.11 Å². The lowest BCUT2D eigenvalue weighted by molar-refractivity contribution is -0.143. The number of aliphatic carboxylic acids is 1. The Morgan fingerprint density at radius 1 is 1.50 bits per heavy atom. The largest absolute Gasteiger partial charge is 0.497 e. The summed E-state index contributed by atoms with van der Waals surface area (Å²) in [5, 5.41) is 9.34. The molecule has 1 aliphatic rings. The van der Waals surface area contributed by atoms with Crippen molar-refractivity contribution in [3.8, 4) is 5.75 Å². The molecule has 0 aliphatic heterocycles. The van der Waals surface area contributed by atoms with E-state index in [9.17, 15) is 9.90 Å². The van der Waals surface area contributed by atoms with Crippen LogP contribution in [0.2, 0.25) is 0 Å². The predicted octanol–water partition coefficient (Wildman–Crippen LogP) is 2.37. The van der Waals surface area contributed by atoms with Crippen LogP contribution in [-0.2, 0) is 16.6 Å². The Morgan fingerprint density at radius 2 is 2.25 bits per heavy atom. The number of carboxylic acids is 1. The van der Waals surface area contributed by atoms with Crippen LogP contribution in [0.4, 0.5) is 0 Å². The van der Waals surface area contributed by atoms with Gasteiger partial charge in [-0.2, -0.15) is 0 Å². The summed E-state index contributed by atoms with van der Waals surface area (Å²) in [7, 11) is 1.63. The molecule has 0 bridgehead atoms. The van der Waals surface area contributed by atoms with Crippen LogP contribution in [0, 0.1) is 0 Å². The van der Waals surface area contributed by atoms with Crippen LogP contribution in [0.5, 0.6) is 5.75 Å². The Morgan fingerprint density at radius 3 is 2.88 bits per heavy atom. The summed E-state index contributed by atoms with van der Waals surface area (Å²) >= 11 is 0. The van der Waals surface area contributed by atoms with Gasteiger partial charge in [-0.1, -0.05) is 6.07 Å². The lowest BCUT2D eigenvalue weighted by Crippen LogP contribution is -2.36. The second-order valence-electron chi connectivity index (χ2n) is 4.51. The summed E-state index contributed by atoms with van der Waals surface area (Å²) in [6.07, 6.45) is 2.57. The monoisotopic (exact) mass is 220 g/mol. The smallest absolute Gasteiger partial charge is 0.313 e. The van der Waals surface area contributed by atoms with E-state index in [1.165, 1.54) is 0 Å². The molecule has 86 valence electrons.